The van der Waals surface area contributed by atoms with Crippen LogP contribution in [0.15, 0.2) is 22.5 Å². The van der Waals surface area contributed by atoms with E-state index in [4.69, 9.17) is 4.74 Å². The van der Waals surface area contributed by atoms with Crippen molar-refractivity contribution >= 4 is 28.9 Å². The zero-order chi connectivity index (χ0) is 13.2. The number of carbonyl (C=O) groups is 1. The SMILES string of the molecule is Cc1nnc(SCC(=O)c2ccc3c(c2)CCO3)s1. The van der Waals surface area contributed by atoms with E-state index in [1.165, 1.54) is 23.1 Å². The Bertz CT molecular complexity index is 625. The Balaban J connectivity index is 1.67. The molecule has 0 radical (unpaired) electrons. The van der Waals surface area contributed by atoms with Crippen molar-refractivity contribution in [1.82, 2.24) is 10.2 Å². The quantitative estimate of drug-likeness (QED) is 0.640. The Labute approximate surface area is 119 Å². The van der Waals surface area contributed by atoms with Gasteiger partial charge in [0.05, 0.1) is 12.4 Å². The van der Waals surface area contributed by atoms with Crippen LogP contribution in [0.4, 0.5) is 0 Å². The van der Waals surface area contributed by atoms with Gasteiger partial charge in [-0.15, -0.1) is 10.2 Å². The normalized spacial score (nSPS) is 13.1. The van der Waals surface area contributed by atoms with Crippen molar-refractivity contribution in [2.24, 2.45) is 0 Å². The number of Topliss-reactive ketones (excluding diaryl/α,β-unsaturated/α-hetero) is 1. The van der Waals surface area contributed by atoms with Gasteiger partial charge in [0.15, 0.2) is 10.1 Å². The predicted octanol–water partition coefficient (Wildman–Crippen LogP) is 2.76. The van der Waals surface area contributed by atoms with Crippen LogP contribution in [0.1, 0.15) is 20.9 Å². The maximum atomic E-state index is 12.1. The van der Waals surface area contributed by atoms with Crippen molar-refractivity contribution in [3.63, 3.8) is 0 Å². The van der Waals surface area contributed by atoms with Crippen LogP contribution in [0, 0.1) is 6.92 Å². The first-order chi connectivity index (χ1) is 9.22. The van der Waals surface area contributed by atoms with Crippen molar-refractivity contribution in [2.45, 2.75) is 17.7 Å². The lowest BCUT2D eigenvalue weighted by Gasteiger charge is -2.02. The molecule has 1 aromatic heterocycles. The van der Waals surface area contributed by atoms with Gasteiger partial charge in [-0.2, -0.15) is 0 Å². The number of ether oxygens (including phenoxy) is 1. The van der Waals surface area contributed by atoms with Gasteiger partial charge in [0.1, 0.15) is 10.8 Å². The molecule has 0 saturated heterocycles. The van der Waals surface area contributed by atoms with Crippen molar-refractivity contribution in [2.75, 3.05) is 12.4 Å². The first kappa shape index (κ1) is 12.6. The molecule has 0 saturated carbocycles. The van der Waals surface area contributed by atoms with E-state index in [0.29, 0.717) is 12.4 Å². The molecule has 3 rings (SSSR count). The molecule has 0 aliphatic carbocycles. The van der Waals surface area contributed by atoms with Gasteiger partial charge in [0.2, 0.25) is 0 Å². The molecule has 0 N–H and O–H groups in total. The molecule has 4 nitrogen and oxygen atoms in total. The van der Waals surface area contributed by atoms with E-state index in [1.54, 1.807) is 0 Å². The molecule has 2 heterocycles. The molecule has 6 heteroatoms. The van der Waals surface area contributed by atoms with Gasteiger partial charge in [0.25, 0.3) is 0 Å². The molecule has 0 bridgehead atoms. The topological polar surface area (TPSA) is 52.1 Å². The minimum Gasteiger partial charge on any atom is -0.493 e. The van der Waals surface area contributed by atoms with Gasteiger partial charge in [-0.05, 0) is 30.7 Å². The second-order valence-corrected chi connectivity index (χ2v) is 6.62. The highest BCUT2D eigenvalue weighted by atomic mass is 32.2. The average Bonchev–Trinajstić information content (AvgIpc) is 3.03. The van der Waals surface area contributed by atoms with Gasteiger partial charge in [-0.3, -0.25) is 4.79 Å². The molecule has 0 unspecified atom stereocenters. The predicted molar refractivity (Wildman–Crippen MR) is 75.3 cm³/mol. The number of hydrogen-bond donors (Lipinski definition) is 0. The Hall–Kier alpha value is -1.40. The molecule has 0 fully saturated rings. The van der Waals surface area contributed by atoms with Gasteiger partial charge in [-0.1, -0.05) is 23.1 Å². The zero-order valence-corrected chi connectivity index (χ0v) is 12.0. The number of ketones is 1. The van der Waals surface area contributed by atoms with Crippen LogP contribution in [-0.4, -0.2) is 28.3 Å². The first-order valence-electron chi connectivity index (χ1n) is 5.94. The van der Waals surface area contributed by atoms with Crippen LogP contribution < -0.4 is 4.74 Å². The summed E-state index contributed by atoms with van der Waals surface area (Å²) in [5.41, 5.74) is 1.88. The Morgan fingerprint density at radius 1 is 1.47 bits per heavy atom. The van der Waals surface area contributed by atoms with Gasteiger partial charge < -0.3 is 4.74 Å². The molecular weight excluding hydrogens is 280 g/mol. The molecule has 19 heavy (non-hydrogen) atoms. The van der Waals surface area contributed by atoms with Gasteiger partial charge in [-0.25, -0.2) is 0 Å². The van der Waals surface area contributed by atoms with E-state index in [2.05, 4.69) is 10.2 Å². The Morgan fingerprint density at radius 2 is 2.37 bits per heavy atom. The van der Waals surface area contributed by atoms with Crippen LogP contribution in [0.3, 0.4) is 0 Å². The molecule has 98 valence electrons. The van der Waals surface area contributed by atoms with Crippen molar-refractivity contribution in [3.8, 4) is 5.75 Å². The number of thioether (sulfide) groups is 1. The molecule has 1 aromatic carbocycles. The van der Waals surface area contributed by atoms with Crippen LogP contribution in [0.5, 0.6) is 5.75 Å². The monoisotopic (exact) mass is 292 g/mol. The van der Waals surface area contributed by atoms with E-state index in [9.17, 15) is 4.79 Å². The third-order valence-electron chi connectivity index (χ3n) is 2.85. The lowest BCUT2D eigenvalue weighted by atomic mass is 10.1. The highest BCUT2D eigenvalue weighted by Crippen LogP contribution is 2.27. The minimum absolute atomic E-state index is 0.118. The summed E-state index contributed by atoms with van der Waals surface area (Å²) >= 11 is 2.96. The van der Waals surface area contributed by atoms with E-state index in [0.717, 1.165) is 32.6 Å². The maximum absolute atomic E-state index is 12.1. The molecule has 1 aliphatic heterocycles. The number of hydrogen-bond acceptors (Lipinski definition) is 6. The number of fused-ring (bicyclic) bond motifs is 1. The zero-order valence-electron chi connectivity index (χ0n) is 10.4. The van der Waals surface area contributed by atoms with Gasteiger partial charge in [0, 0.05) is 12.0 Å². The second-order valence-electron chi connectivity index (χ2n) is 4.22. The van der Waals surface area contributed by atoms with Crippen LogP contribution in [0.2, 0.25) is 0 Å². The van der Waals surface area contributed by atoms with Crippen molar-refractivity contribution < 1.29 is 9.53 Å². The summed E-state index contributed by atoms with van der Waals surface area (Å²) in [6, 6.07) is 5.66. The molecule has 0 spiro atoms. The Morgan fingerprint density at radius 3 is 3.16 bits per heavy atom. The lowest BCUT2D eigenvalue weighted by Crippen LogP contribution is -2.02. The first-order valence-corrected chi connectivity index (χ1v) is 7.74. The molecule has 0 amide bonds. The van der Waals surface area contributed by atoms with E-state index < -0.39 is 0 Å². The highest BCUT2D eigenvalue weighted by molar-refractivity contribution is 8.01. The van der Waals surface area contributed by atoms with Crippen LogP contribution in [0.25, 0.3) is 0 Å². The fourth-order valence-corrected chi connectivity index (χ4v) is 3.62. The summed E-state index contributed by atoms with van der Waals surface area (Å²) in [7, 11) is 0. The average molecular weight is 292 g/mol. The molecule has 2 aromatic rings. The number of carbonyl (C=O) groups excluding carboxylic acids is 1. The smallest absolute Gasteiger partial charge is 0.174 e. The lowest BCUT2D eigenvalue weighted by molar-refractivity contribution is 0.102. The summed E-state index contributed by atoms with van der Waals surface area (Å²) < 4.78 is 6.28. The summed E-state index contributed by atoms with van der Waals surface area (Å²) in [5, 5.41) is 8.85. The van der Waals surface area contributed by atoms with Crippen molar-refractivity contribution in [3.05, 3.63) is 34.3 Å². The van der Waals surface area contributed by atoms with E-state index >= 15 is 0 Å². The number of nitrogens with zero attached hydrogens (tertiary/aromatic N) is 2. The third-order valence-corrected chi connectivity index (χ3v) is 4.82. The molecule has 0 atom stereocenters. The van der Waals surface area contributed by atoms with Gasteiger partial charge >= 0.3 is 0 Å². The van der Waals surface area contributed by atoms with Crippen molar-refractivity contribution in [1.29, 1.82) is 0 Å². The summed E-state index contributed by atoms with van der Waals surface area (Å²) in [6.07, 6.45) is 0.888. The number of benzene rings is 1. The van der Waals surface area contributed by atoms with Crippen LogP contribution in [-0.2, 0) is 6.42 Å². The minimum atomic E-state index is 0.118. The fourth-order valence-electron chi connectivity index (χ4n) is 1.91. The standard InChI is InChI=1S/C13H12N2O2S2/c1-8-14-15-13(19-8)18-7-11(16)9-2-3-12-10(6-9)4-5-17-12/h2-3,6H,4-5,7H2,1H3. The highest BCUT2D eigenvalue weighted by Gasteiger charge is 2.15. The van der Waals surface area contributed by atoms with Crippen LogP contribution >= 0.6 is 23.1 Å². The van der Waals surface area contributed by atoms with E-state index in [1.807, 2.05) is 25.1 Å². The summed E-state index contributed by atoms with van der Waals surface area (Å²) in [4.78, 5) is 12.1. The molecular formula is C13H12N2O2S2. The van der Waals surface area contributed by atoms with E-state index in [-0.39, 0.29) is 5.78 Å². The maximum Gasteiger partial charge on any atom is 0.174 e. The molecule has 1 aliphatic rings. The Kier molecular flexibility index (Phi) is 3.52. The number of rotatable bonds is 4. The number of aryl methyl sites for hydroxylation is 1. The second kappa shape index (κ2) is 5.30. The third kappa shape index (κ3) is 2.79. The number of aromatic nitrogens is 2. The summed E-state index contributed by atoms with van der Waals surface area (Å²) in [5.74, 6) is 1.42. The largest absolute Gasteiger partial charge is 0.493 e. The fraction of sp³-hybridized carbons (Fsp3) is 0.308. The summed E-state index contributed by atoms with van der Waals surface area (Å²) in [6.45, 7) is 2.62.